The van der Waals surface area contributed by atoms with Gasteiger partial charge in [0, 0.05) is 47.8 Å². The Morgan fingerprint density at radius 3 is 2.29 bits per heavy atom. The average Bonchev–Trinajstić information content (AvgIpc) is 4.31. The first-order valence-corrected chi connectivity index (χ1v) is 28.1. The normalized spacial score (nSPS) is 49.2. The van der Waals surface area contributed by atoms with Gasteiger partial charge < -0.3 is 71.3 Å². The van der Waals surface area contributed by atoms with E-state index in [1.54, 1.807) is 18.9 Å². The van der Waals surface area contributed by atoms with E-state index in [9.17, 15) is 45.6 Å². The van der Waals surface area contributed by atoms with Crippen LogP contribution in [0.4, 0.5) is 0 Å². The molecule has 414 valence electrons. The number of ether oxygens (including phenoxy) is 2. The molecule has 2 saturated heterocycles. The van der Waals surface area contributed by atoms with E-state index < -0.39 is 123 Å². The fourth-order valence-electron chi connectivity index (χ4n) is 19.8. The number of rotatable bonds is 12. The fourth-order valence-corrected chi connectivity index (χ4v) is 19.8. The highest BCUT2D eigenvalue weighted by Gasteiger charge is 2.77. The van der Waals surface area contributed by atoms with Gasteiger partial charge in [-0.25, -0.2) is 9.97 Å². The molecule has 18 nitrogen and oxygen atoms in total. The Hall–Kier alpha value is -3.56. The maximum absolute atomic E-state index is 15.2. The van der Waals surface area contributed by atoms with E-state index in [0.29, 0.717) is 70.6 Å². The van der Waals surface area contributed by atoms with Crippen LogP contribution in [0.15, 0.2) is 48.8 Å². The molecule has 11 rings (SSSR count). The fraction of sp³-hybridized carbons (Fsp3) is 0.789. The third-order valence-corrected chi connectivity index (χ3v) is 23.8. The number of aliphatic hydroxyl groups is 7. The number of amides is 1. The molecule has 13 N–H and O–H groups in total. The van der Waals surface area contributed by atoms with Crippen LogP contribution >= 0.6 is 0 Å². The molecule has 2 aromatic rings. The largest absolute Gasteiger partial charge is 0.481 e. The summed E-state index contributed by atoms with van der Waals surface area (Å²) in [5.41, 5.74) is 2.59. The van der Waals surface area contributed by atoms with Crippen molar-refractivity contribution in [3.05, 3.63) is 60.2 Å². The Balaban J connectivity index is 1.13. The van der Waals surface area contributed by atoms with Crippen LogP contribution in [0.25, 0.3) is 0 Å². The second-order valence-electron chi connectivity index (χ2n) is 26.8. The van der Waals surface area contributed by atoms with E-state index in [1.165, 1.54) is 0 Å². The first kappa shape index (κ1) is 53.4. The van der Waals surface area contributed by atoms with Crippen LogP contribution in [0.2, 0.25) is 0 Å². The summed E-state index contributed by atoms with van der Waals surface area (Å²) in [5.74, 6) is -3.40. The van der Waals surface area contributed by atoms with E-state index >= 15 is 4.79 Å². The molecule has 7 fully saturated rings. The smallest absolute Gasteiger partial charge is 0.310 e. The number of aliphatic hydroxyl groups excluding tert-OH is 7. The molecule has 5 saturated carbocycles. The lowest BCUT2D eigenvalue weighted by molar-refractivity contribution is -0.344. The molecule has 1 amide bonds. The van der Waals surface area contributed by atoms with Crippen molar-refractivity contribution in [3.63, 3.8) is 0 Å². The Kier molecular flexibility index (Phi) is 13.2. The lowest BCUT2D eigenvalue weighted by Crippen LogP contribution is -2.74. The van der Waals surface area contributed by atoms with E-state index in [0.717, 1.165) is 29.8 Å². The van der Waals surface area contributed by atoms with Gasteiger partial charge in [0.1, 0.15) is 24.5 Å². The van der Waals surface area contributed by atoms with E-state index in [4.69, 9.17) is 15.2 Å². The van der Waals surface area contributed by atoms with Gasteiger partial charge >= 0.3 is 5.97 Å². The highest BCUT2D eigenvalue weighted by molar-refractivity contribution is 5.87. The number of carbonyl (C=O) groups excluding carboxylic acids is 1. The molecule has 0 radical (unpaired) electrons. The lowest BCUT2D eigenvalue weighted by atomic mass is 9.29. The first-order valence-electron chi connectivity index (χ1n) is 28.1. The third-order valence-electron chi connectivity index (χ3n) is 23.8. The van der Waals surface area contributed by atoms with E-state index in [-0.39, 0.29) is 49.2 Å². The summed E-state index contributed by atoms with van der Waals surface area (Å²) in [4.78, 5) is 44.9. The van der Waals surface area contributed by atoms with Crippen molar-refractivity contribution < 1.29 is 59.9 Å². The molecule has 0 unspecified atom stereocenters. The predicted molar refractivity (Wildman–Crippen MR) is 272 cm³/mol. The summed E-state index contributed by atoms with van der Waals surface area (Å²) in [6.07, 6.45) is 11.9. The summed E-state index contributed by atoms with van der Waals surface area (Å²) >= 11 is 0. The number of hydrogen-bond donors (Lipinski definition) is 12. The zero-order valence-corrected chi connectivity index (χ0v) is 44.4. The molecule has 9 aliphatic rings. The minimum absolute atomic E-state index is 0.0356. The molecule has 22 atom stereocenters. The number of fused-ring (bicyclic) bond motifs is 9. The van der Waals surface area contributed by atoms with Crippen molar-refractivity contribution in [2.24, 2.45) is 85.1 Å². The number of allylic oxidation sites excluding steroid dienone is 3. The van der Waals surface area contributed by atoms with Crippen molar-refractivity contribution >= 4 is 11.9 Å². The molecule has 4 heterocycles. The molecule has 75 heavy (non-hydrogen) atoms. The van der Waals surface area contributed by atoms with E-state index in [2.05, 4.69) is 71.2 Å². The number of H-pyrrole nitrogens is 2. The second-order valence-corrected chi connectivity index (χ2v) is 26.8. The molecule has 2 aromatic heterocycles. The van der Waals surface area contributed by atoms with Crippen LogP contribution in [0.5, 0.6) is 0 Å². The Labute approximate surface area is 439 Å². The number of imidazole rings is 2. The van der Waals surface area contributed by atoms with Crippen LogP contribution in [0.1, 0.15) is 129 Å². The second kappa shape index (κ2) is 18.5. The minimum Gasteiger partial charge on any atom is -0.481 e. The Morgan fingerprint density at radius 1 is 0.907 bits per heavy atom. The van der Waals surface area contributed by atoms with Gasteiger partial charge in [0.15, 0.2) is 6.29 Å². The average molecular weight is 1050 g/mol. The highest BCUT2D eigenvalue weighted by Crippen LogP contribution is 2.79. The van der Waals surface area contributed by atoms with Crippen LogP contribution in [-0.2, 0) is 30.9 Å². The zero-order chi connectivity index (χ0) is 53.5. The summed E-state index contributed by atoms with van der Waals surface area (Å²) < 4.78 is 12.8. The third kappa shape index (κ3) is 7.38. The maximum atomic E-state index is 15.2. The number of carboxylic acids is 1. The number of aromatic nitrogens is 4. The number of carboxylic acid groups (broad SMARTS) is 1. The molecule has 0 bridgehead atoms. The van der Waals surface area contributed by atoms with Crippen molar-refractivity contribution in [1.82, 2.24) is 25.3 Å². The predicted octanol–water partition coefficient (Wildman–Crippen LogP) is 3.61. The van der Waals surface area contributed by atoms with Gasteiger partial charge in [-0.05, 0) is 134 Å². The van der Waals surface area contributed by atoms with Gasteiger partial charge in [-0.1, -0.05) is 71.3 Å². The zero-order valence-electron chi connectivity index (χ0n) is 44.4. The molecule has 7 aliphatic carbocycles. The maximum Gasteiger partial charge on any atom is 0.310 e. The van der Waals surface area contributed by atoms with Gasteiger partial charge in [0.05, 0.1) is 54.3 Å². The summed E-state index contributed by atoms with van der Waals surface area (Å²) in [6.45, 7) is 10.3. The first-order chi connectivity index (χ1) is 35.5. The summed E-state index contributed by atoms with van der Waals surface area (Å²) in [6, 6.07) is -0.518. The summed E-state index contributed by atoms with van der Waals surface area (Å²) in [7, 11) is 0. The Morgan fingerprint density at radius 2 is 1.64 bits per heavy atom. The molecule has 2 aliphatic heterocycles. The van der Waals surface area contributed by atoms with Gasteiger partial charge in [-0.15, -0.1) is 0 Å². The molecule has 18 heteroatoms. The van der Waals surface area contributed by atoms with Gasteiger partial charge in [0.2, 0.25) is 5.91 Å². The van der Waals surface area contributed by atoms with Crippen LogP contribution in [0, 0.1) is 79.3 Å². The lowest BCUT2D eigenvalue weighted by Gasteiger charge is -2.75. The Bertz CT molecular complexity index is 2520. The number of carbonyl (C=O) groups is 2. The number of nitrogens with two attached hydrogens (primary N) is 1. The number of nitrogens with one attached hydrogen (secondary N) is 3. The molecule has 1 spiro atoms. The standard InChI is InChI=1S/C57H84N6O12/c1-50(26-64)18-19-57(49(72)73)21-30(20-31-23-59-28-61-31)54(5)33(34(57)22-50)8-9-37-52(54,3)15-11-36-51(2,27-65)46(75-47-44(70)42(68)35(66)25-74-47)43(69)40(53(36,37)4)32-10-16-55(17-12-39(58)67,38-24-60-29-62-38)45-41(32)56(48(71)63-45)13-6-7-14-56/h8,10,16,23-24,28-30,32,34-37,39-47,64-70H,6-7,9,11-15,17-22,25-27,58H2,1-5H3,(H,59,61)(H,60,62)(H,63,71)(H,72,73)/t30-,32-,34-,35+,36+,37-,39-,40+,41-,42-,43+,44+,45+,46+,47-,50-,51-,52+,53-,54+,55-,57-/m0/s1. The highest BCUT2D eigenvalue weighted by atomic mass is 16.7. The van der Waals surface area contributed by atoms with Crippen molar-refractivity contribution in [2.45, 2.75) is 179 Å². The van der Waals surface area contributed by atoms with E-state index in [1.807, 2.05) is 13.1 Å². The SMILES string of the molecule is C[C@]1(CO)CC[C@]2(C(=O)O)C[C@H](Cc3cnc[nH]3)[C@]3(C)C(=CC[C@@H]4[C@@]5(C)[C@H]([C@@H]6C=C[C@](CC[C@@H](N)O)(c7cnc[nH]7)[C@@H]7NC(=O)C8(CCCC8)[C@@H]67)[C@@H](O)[C@@H](O[C@@H]6OC[C@@H](O)[C@H](O)[C@H]6O)[C@@](C)(CO)[C@H]5CC[C@]43C)[C@@H]2C1. The quantitative estimate of drug-likeness (QED) is 0.0821. The molecular formula is C57H84N6O12. The van der Waals surface area contributed by atoms with Crippen molar-refractivity contribution in [3.8, 4) is 0 Å². The minimum atomic E-state index is -1.67. The number of hydrogen-bond acceptors (Lipinski definition) is 14. The molecular weight excluding hydrogens is 961 g/mol. The van der Waals surface area contributed by atoms with Crippen LogP contribution < -0.4 is 11.1 Å². The molecule has 0 aromatic carbocycles. The van der Waals surface area contributed by atoms with Gasteiger partial charge in [-0.3, -0.25) is 9.59 Å². The van der Waals surface area contributed by atoms with Gasteiger partial charge in [0.25, 0.3) is 0 Å². The van der Waals surface area contributed by atoms with Crippen molar-refractivity contribution in [2.75, 3.05) is 19.8 Å². The van der Waals surface area contributed by atoms with Crippen LogP contribution in [0.3, 0.4) is 0 Å². The van der Waals surface area contributed by atoms with Crippen LogP contribution in [-0.4, -0.2) is 142 Å². The topological polar surface area (TPSA) is 310 Å². The number of aromatic amines is 2. The number of nitrogens with zero attached hydrogens (tertiary/aromatic N) is 2. The number of aliphatic carboxylic acids is 1. The van der Waals surface area contributed by atoms with Gasteiger partial charge in [-0.2, -0.15) is 0 Å². The van der Waals surface area contributed by atoms with Crippen molar-refractivity contribution in [1.29, 1.82) is 0 Å². The monoisotopic (exact) mass is 1040 g/mol. The summed E-state index contributed by atoms with van der Waals surface area (Å²) in [5, 5.41) is 95.7.